The molecule has 0 aliphatic rings. The van der Waals surface area contributed by atoms with Crippen molar-refractivity contribution >= 4 is 56.7 Å². The van der Waals surface area contributed by atoms with Crippen molar-refractivity contribution in [3.63, 3.8) is 0 Å². The zero-order valence-corrected chi connectivity index (χ0v) is 10.6. The molecule has 0 aliphatic heterocycles. The topological polar surface area (TPSA) is 33.4 Å². The van der Waals surface area contributed by atoms with Crippen molar-refractivity contribution in [2.75, 3.05) is 0 Å². The van der Waals surface area contributed by atoms with Gasteiger partial charge in [-0.3, -0.25) is 0 Å². The quantitative estimate of drug-likeness (QED) is 0.573. The summed E-state index contributed by atoms with van der Waals surface area (Å²) < 4.78 is 5.59. The second-order valence-electron chi connectivity index (χ2n) is 3.59. The Bertz CT molecular complexity index is 746. The van der Waals surface area contributed by atoms with Crippen molar-refractivity contribution in [2.45, 2.75) is 0 Å². The molecule has 3 aromatic rings. The second-order valence-corrected chi connectivity index (χ2v) is 4.73. The van der Waals surface area contributed by atoms with Gasteiger partial charge in [-0.25, -0.2) is 0 Å². The van der Waals surface area contributed by atoms with Crippen LogP contribution >= 0.6 is 34.8 Å². The third-order valence-electron chi connectivity index (χ3n) is 2.62. The van der Waals surface area contributed by atoms with E-state index in [2.05, 4.69) is 0 Å². The lowest BCUT2D eigenvalue weighted by atomic mass is 10.1. The summed E-state index contributed by atoms with van der Waals surface area (Å²) in [6.45, 7) is 0. The maximum absolute atomic E-state index is 9.77. The Morgan fingerprint density at radius 1 is 0.941 bits per heavy atom. The highest BCUT2D eigenvalue weighted by molar-refractivity contribution is 6.50. The van der Waals surface area contributed by atoms with Crippen LogP contribution < -0.4 is 0 Å². The van der Waals surface area contributed by atoms with Crippen molar-refractivity contribution in [1.29, 1.82) is 0 Å². The molecule has 0 fully saturated rings. The number of benzene rings is 2. The number of phenols is 1. The fourth-order valence-corrected chi connectivity index (χ4v) is 2.57. The molecule has 2 aromatic carbocycles. The fourth-order valence-electron chi connectivity index (χ4n) is 1.84. The van der Waals surface area contributed by atoms with Gasteiger partial charge in [-0.15, -0.1) is 0 Å². The van der Waals surface area contributed by atoms with Crippen LogP contribution in [0.4, 0.5) is 0 Å². The number of furan rings is 1. The summed E-state index contributed by atoms with van der Waals surface area (Å²) in [5, 5.41) is 11.5. The van der Waals surface area contributed by atoms with E-state index in [1.807, 2.05) is 18.2 Å². The first-order valence-corrected chi connectivity index (χ1v) is 5.91. The van der Waals surface area contributed by atoms with Crippen LogP contribution in [0, 0.1) is 0 Å². The Morgan fingerprint density at radius 2 is 1.65 bits per heavy atom. The number of aromatic hydroxyl groups is 1. The van der Waals surface area contributed by atoms with Crippen LogP contribution in [-0.4, -0.2) is 5.11 Å². The Balaban J connectivity index is 2.67. The summed E-state index contributed by atoms with van der Waals surface area (Å²) in [6, 6.07) is 7.34. The van der Waals surface area contributed by atoms with Gasteiger partial charge in [-0.1, -0.05) is 53.0 Å². The summed E-state index contributed by atoms with van der Waals surface area (Å²) in [5.74, 6) is -0.225. The molecule has 86 valence electrons. The number of phenolic OH excluding ortho intramolecular Hbond substituents is 1. The molecule has 0 spiro atoms. The first-order valence-electron chi connectivity index (χ1n) is 4.78. The number of para-hydroxylation sites is 1. The van der Waals surface area contributed by atoms with E-state index in [1.54, 1.807) is 6.07 Å². The van der Waals surface area contributed by atoms with Gasteiger partial charge in [0.25, 0.3) is 0 Å². The zero-order chi connectivity index (χ0) is 12.2. The van der Waals surface area contributed by atoms with Crippen LogP contribution in [-0.2, 0) is 0 Å². The molecule has 0 saturated carbocycles. The van der Waals surface area contributed by atoms with Crippen molar-refractivity contribution in [1.82, 2.24) is 0 Å². The van der Waals surface area contributed by atoms with E-state index in [-0.39, 0.29) is 20.8 Å². The molecule has 0 bridgehead atoms. The van der Waals surface area contributed by atoms with Gasteiger partial charge in [0.1, 0.15) is 15.6 Å². The highest BCUT2D eigenvalue weighted by Crippen LogP contribution is 2.47. The van der Waals surface area contributed by atoms with Gasteiger partial charge in [-0.05, 0) is 6.07 Å². The molecule has 1 aromatic heterocycles. The lowest BCUT2D eigenvalue weighted by molar-refractivity contribution is 0.476. The molecular formula is C12H5Cl3O2. The number of rotatable bonds is 0. The smallest absolute Gasteiger partial charge is 0.157 e. The van der Waals surface area contributed by atoms with Gasteiger partial charge < -0.3 is 9.52 Å². The fraction of sp³-hybridized carbons (Fsp3) is 0. The van der Waals surface area contributed by atoms with Gasteiger partial charge in [-0.2, -0.15) is 0 Å². The normalized spacial score (nSPS) is 11.5. The van der Waals surface area contributed by atoms with Gasteiger partial charge in [0.15, 0.2) is 11.3 Å². The van der Waals surface area contributed by atoms with E-state index in [1.165, 1.54) is 0 Å². The van der Waals surface area contributed by atoms with Gasteiger partial charge in [0, 0.05) is 5.39 Å². The second kappa shape index (κ2) is 3.70. The predicted molar refractivity (Wildman–Crippen MR) is 70.4 cm³/mol. The third-order valence-corrected chi connectivity index (χ3v) is 3.82. The van der Waals surface area contributed by atoms with Crippen LogP contribution in [0.15, 0.2) is 28.7 Å². The van der Waals surface area contributed by atoms with Crippen molar-refractivity contribution in [3.05, 3.63) is 39.3 Å². The summed E-state index contributed by atoms with van der Waals surface area (Å²) in [6.07, 6.45) is 0. The van der Waals surface area contributed by atoms with Gasteiger partial charge in [0.2, 0.25) is 0 Å². The van der Waals surface area contributed by atoms with Crippen molar-refractivity contribution in [2.24, 2.45) is 0 Å². The minimum absolute atomic E-state index is 0.00298. The Labute approximate surface area is 111 Å². The van der Waals surface area contributed by atoms with Crippen LogP contribution in [0.5, 0.6) is 5.75 Å². The highest BCUT2D eigenvalue weighted by Gasteiger charge is 2.20. The van der Waals surface area contributed by atoms with E-state index < -0.39 is 0 Å². The number of hydrogen-bond donors (Lipinski definition) is 1. The Hall–Kier alpha value is -1.09. The molecule has 1 N–H and O–H groups in total. The average molecular weight is 288 g/mol. The molecule has 0 saturated heterocycles. The predicted octanol–water partition coefficient (Wildman–Crippen LogP) is 5.25. The van der Waals surface area contributed by atoms with Crippen LogP contribution in [0.1, 0.15) is 0 Å². The Kier molecular flexibility index (Phi) is 2.40. The molecule has 5 heteroatoms. The SMILES string of the molecule is Oc1c(Cl)c(Cl)c2oc3ccccc3c2c1Cl. The lowest BCUT2D eigenvalue weighted by Crippen LogP contribution is -1.77. The number of hydrogen-bond acceptors (Lipinski definition) is 2. The highest BCUT2D eigenvalue weighted by atomic mass is 35.5. The standard InChI is InChI=1S/C12H5Cl3O2/c13-8-7-5-3-1-2-4-6(5)17-12(7)10(15)9(14)11(8)16/h1-4,16H. The van der Waals surface area contributed by atoms with Gasteiger partial charge in [0.05, 0.1) is 10.4 Å². The molecular weight excluding hydrogens is 282 g/mol. The molecule has 0 unspecified atom stereocenters. The van der Waals surface area contributed by atoms with Crippen LogP contribution in [0.2, 0.25) is 15.1 Å². The average Bonchev–Trinajstić information content (AvgIpc) is 2.73. The van der Waals surface area contributed by atoms with Crippen LogP contribution in [0.25, 0.3) is 21.9 Å². The summed E-state index contributed by atoms with van der Waals surface area (Å²) in [7, 11) is 0. The molecule has 0 aliphatic carbocycles. The molecule has 1 heterocycles. The monoisotopic (exact) mass is 286 g/mol. The molecule has 0 radical (unpaired) electrons. The number of fused-ring (bicyclic) bond motifs is 3. The molecule has 3 rings (SSSR count). The summed E-state index contributed by atoms with van der Waals surface area (Å²) >= 11 is 18.0. The molecule has 2 nitrogen and oxygen atoms in total. The van der Waals surface area contributed by atoms with E-state index in [0.717, 1.165) is 5.39 Å². The van der Waals surface area contributed by atoms with E-state index >= 15 is 0 Å². The maximum Gasteiger partial charge on any atom is 0.157 e. The first kappa shape index (κ1) is 11.0. The van der Waals surface area contributed by atoms with E-state index in [9.17, 15) is 5.11 Å². The summed E-state index contributed by atoms with van der Waals surface area (Å²) in [4.78, 5) is 0. The minimum Gasteiger partial charge on any atom is -0.505 e. The van der Waals surface area contributed by atoms with E-state index in [4.69, 9.17) is 39.2 Å². The molecule has 0 amide bonds. The van der Waals surface area contributed by atoms with Crippen molar-refractivity contribution in [3.8, 4) is 5.75 Å². The number of halogens is 3. The maximum atomic E-state index is 9.77. The van der Waals surface area contributed by atoms with Crippen molar-refractivity contribution < 1.29 is 9.52 Å². The largest absolute Gasteiger partial charge is 0.505 e. The van der Waals surface area contributed by atoms with E-state index in [0.29, 0.717) is 16.6 Å². The van der Waals surface area contributed by atoms with Gasteiger partial charge >= 0.3 is 0 Å². The summed E-state index contributed by atoms with van der Waals surface area (Å²) in [5.41, 5.74) is 1.04. The van der Waals surface area contributed by atoms with Crippen LogP contribution in [0.3, 0.4) is 0 Å². The lowest BCUT2D eigenvalue weighted by Gasteiger charge is -2.03. The minimum atomic E-state index is -0.225. The zero-order valence-electron chi connectivity index (χ0n) is 8.30. The first-order chi connectivity index (χ1) is 8.11. The third kappa shape index (κ3) is 1.41. The molecule has 0 atom stereocenters. The molecule has 17 heavy (non-hydrogen) atoms. The Morgan fingerprint density at radius 3 is 2.41 bits per heavy atom.